The van der Waals surface area contributed by atoms with E-state index in [1.165, 1.54) is 138 Å². The molecule has 1 aliphatic rings. The van der Waals surface area contributed by atoms with Crippen molar-refractivity contribution in [2.24, 2.45) is 0 Å². The van der Waals surface area contributed by atoms with Crippen molar-refractivity contribution >= 4 is 41.7 Å². The molecule has 15 aromatic heterocycles. The van der Waals surface area contributed by atoms with Crippen molar-refractivity contribution in [2.45, 2.75) is 109 Å². The molecule has 0 aliphatic heterocycles. The number of fused-ring (bicyclic) bond motifs is 5. The molecular formula is C82H60F23N25O6S. The van der Waals surface area contributed by atoms with Crippen LogP contribution in [0.25, 0.3) is 95.9 Å². The molecule has 0 amide bonds. The van der Waals surface area contributed by atoms with Gasteiger partial charge in [0.05, 0.1) is 59.5 Å². The van der Waals surface area contributed by atoms with Crippen LogP contribution in [0.5, 0.6) is 41.2 Å². The standard InChI is InChI=1S/C19H13F4N5O2.C18H10F5N5O.C16H13F4N5O.C15H12F5N5O.C14H10F5N5O.H2S/c1-11-2-4-13(5-3-11)30-18-27-26-16-8-24-15(9-28(16)18)12-6-14(20)17(25-7-12)29-10-19(21,22)23;19-12-3-1-10(2-4-12)16-27-26-15-7-24-14(8-28(15)16)11-5-13(20)17(25-6-11)29-9-18(21,22)23;1-8(17)14-24-23-13-6-21-12(7-25(13)14)9-2-11(18)15(22-5-9)26-10-3-16(19,20)4-10;1-7(16)13-24-23-12-5-21-11(6-25(12)13)9-3-10(17)14(22-4-9)26-8(2)15(18,19)20;1-13(15,16)12-23-22-10-5-20-9(6-24(10)12)8-2-3-11(21-4-8)25-7-14(17,18)19;/h2-9H,10H2,1H3;1-8H,9H2;2,5-8,10H,3-4H2,1H3;3-8H,1-2H3;2-6H,7H2,1H3;1H2/t;;;7?,8-;;/m...0../s1. The van der Waals surface area contributed by atoms with Gasteiger partial charge in [-0.15, -0.1) is 45.9 Å². The van der Waals surface area contributed by atoms with Gasteiger partial charge in [-0.25, -0.2) is 68.8 Å². The second kappa shape index (κ2) is 40.3. The Balaban J connectivity index is 0.000000145. The molecule has 2 aromatic carbocycles. The highest BCUT2D eigenvalue weighted by atomic mass is 32.1. The molecule has 17 aromatic rings. The van der Waals surface area contributed by atoms with E-state index in [2.05, 4.69) is 120 Å². The highest BCUT2D eigenvalue weighted by Crippen LogP contribution is 2.41. The summed E-state index contributed by atoms with van der Waals surface area (Å²) in [6, 6.07) is 19.7. The van der Waals surface area contributed by atoms with E-state index in [0.717, 1.165) is 59.7 Å². The van der Waals surface area contributed by atoms with Crippen LogP contribution >= 0.6 is 13.5 Å². The zero-order valence-corrected chi connectivity index (χ0v) is 70.9. The Labute approximate surface area is 758 Å². The van der Waals surface area contributed by atoms with Crippen molar-refractivity contribution in [3.05, 3.63) is 230 Å². The maximum Gasteiger partial charge on any atom is 0.425 e. The number of nitrogens with zero attached hydrogens (tertiary/aromatic N) is 25. The predicted molar refractivity (Wildman–Crippen MR) is 435 cm³/mol. The summed E-state index contributed by atoms with van der Waals surface area (Å²) in [5.74, 6) is -12.6. The van der Waals surface area contributed by atoms with Gasteiger partial charge in [0.25, 0.3) is 29.4 Å². The summed E-state index contributed by atoms with van der Waals surface area (Å²) < 4.78 is 332. The molecule has 31 nitrogen and oxygen atoms in total. The van der Waals surface area contributed by atoms with Gasteiger partial charge in [-0.3, -0.25) is 42.5 Å². The lowest BCUT2D eigenvalue weighted by atomic mass is 9.91. The lowest BCUT2D eigenvalue weighted by molar-refractivity contribution is -0.190. The van der Waals surface area contributed by atoms with Crippen LogP contribution in [0.4, 0.5) is 101 Å². The zero-order chi connectivity index (χ0) is 97.7. The number of rotatable bonds is 21. The molecule has 0 spiro atoms. The summed E-state index contributed by atoms with van der Waals surface area (Å²) >= 11 is 0. The summed E-state index contributed by atoms with van der Waals surface area (Å²) in [4.78, 5) is 38.9. The van der Waals surface area contributed by atoms with Crippen molar-refractivity contribution in [3.63, 3.8) is 0 Å². The normalized spacial score (nSPS) is 13.5. The quantitative estimate of drug-likeness (QED) is 0.0603. The van der Waals surface area contributed by atoms with Crippen molar-refractivity contribution in [1.82, 2.24) is 123 Å². The van der Waals surface area contributed by atoms with Gasteiger partial charge in [-0.05, 0) is 94.4 Å². The minimum absolute atomic E-state index is 0. The van der Waals surface area contributed by atoms with E-state index in [9.17, 15) is 101 Å². The molecule has 3 atom stereocenters. The van der Waals surface area contributed by atoms with Crippen molar-refractivity contribution in [2.75, 3.05) is 19.8 Å². The van der Waals surface area contributed by atoms with Crippen molar-refractivity contribution < 1.29 is 129 Å². The number of aromatic nitrogens is 25. The highest BCUT2D eigenvalue weighted by Gasteiger charge is 2.48. The Hall–Kier alpha value is -15.5. The lowest BCUT2D eigenvalue weighted by Gasteiger charge is -2.34. The molecule has 2 unspecified atom stereocenters. The number of ether oxygens (including phenoxy) is 6. The molecule has 716 valence electrons. The molecule has 0 N–H and O–H groups in total. The first-order valence-electron chi connectivity index (χ1n) is 38.9. The van der Waals surface area contributed by atoms with Crippen LogP contribution in [0, 0.1) is 36.0 Å². The molecule has 1 fully saturated rings. The Morgan fingerprint density at radius 2 is 0.774 bits per heavy atom. The number of benzene rings is 2. The summed E-state index contributed by atoms with van der Waals surface area (Å²) in [5.41, 5.74) is 5.92. The first-order valence-corrected chi connectivity index (χ1v) is 38.9. The third-order valence-electron chi connectivity index (χ3n) is 18.6. The zero-order valence-electron chi connectivity index (χ0n) is 69.9. The first kappa shape index (κ1) is 99.0. The fraction of sp³-hybridized carbons (Fsp3) is 0.244. The molecule has 1 aliphatic carbocycles. The topological polar surface area (TPSA) is 335 Å². The van der Waals surface area contributed by atoms with Gasteiger partial charge in [0.15, 0.2) is 107 Å². The molecule has 0 bridgehead atoms. The number of hydrogen-bond donors (Lipinski definition) is 0. The number of hydrogen-bond acceptors (Lipinski definition) is 26. The average molecular weight is 1960 g/mol. The summed E-state index contributed by atoms with van der Waals surface area (Å²) in [7, 11) is 0. The SMILES string of the molecule is CC(F)(F)c1nnc2cnc(-c3ccc(OCC(F)(F)F)nc3)cn12.CC(F)c1nnc2cnc(-c3cnc(OC4CC(F)(F)C4)c(F)c3)cn12.CC(F)c1nnc2cnc(-c3cnc(O[C@@H](C)C(F)(F)F)c(F)c3)cn12.Cc1ccc(Oc2nnc3cnc(-c4cnc(OCC(F)(F)F)c(F)c4)cn23)cc1.Fc1ccc(-c2nnc3cnc(-c4cnc(OCC(F)(F)F)c(F)c4)cn23)cc1.S. The Morgan fingerprint density at radius 1 is 0.394 bits per heavy atom. The second-order valence-electron chi connectivity index (χ2n) is 29.1. The smallest absolute Gasteiger partial charge is 0.425 e. The van der Waals surface area contributed by atoms with Gasteiger partial charge in [-0.2, -0.15) is 75.0 Å². The third kappa shape index (κ3) is 24.9. The molecule has 18 rings (SSSR count). The van der Waals surface area contributed by atoms with Gasteiger partial charge in [0, 0.05) is 121 Å². The van der Waals surface area contributed by atoms with Gasteiger partial charge in [0.2, 0.25) is 11.7 Å². The third-order valence-corrected chi connectivity index (χ3v) is 18.6. The summed E-state index contributed by atoms with van der Waals surface area (Å²) in [6.07, 6.45) is -5.05. The van der Waals surface area contributed by atoms with Crippen LogP contribution in [0.2, 0.25) is 0 Å². The maximum atomic E-state index is 14.2. The van der Waals surface area contributed by atoms with Crippen LogP contribution in [0.15, 0.2) is 178 Å². The van der Waals surface area contributed by atoms with E-state index in [4.69, 9.17) is 9.47 Å². The molecule has 0 radical (unpaired) electrons. The Morgan fingerprint density at radius 3 is 1.20 bits per heavy atom. The monoisotopic (exact) mass is 1960 g/mol. The number of aryl methyl sites for hydroxylation is 1. The summed E-state index contributed by atoms with van der Waals surface area (Å²) in [5, 5.41) is 38.0. The molecule has 15 heterocycles. The molecule has 0 saturated heterocycles. The fourth-order valence-electron chi connectivity index (χ4n) is 12.0. The van der Waals surface area contributed by atoms with Gasteiger partial charge >= 0.3 is 36.6 Å². The van der Waals surface area contributed by atoms with E-state index in [-0.39, 0.29) is 88.0 Å². The fourth-order valence-corrected chi connectivity index (χ4v) is 12.0. The molecule has 55 heteroatoms. The number of pyridine rings is 5. The first-order chi connectivity index (χ1) is 64.2. The van der Waals surface area contributed by atoms with Crippen LogP contribution in [-0.4, -0.2) is 185 Å². The van der Waals surface area contributed by atoms with E-state index in [1.54, 1.807) is 16.5 Å². The van der Waals surface area contributed by atoms with Gasteiger partial charge in [-0.1, -0.05) is 22.8 Å². The Kier molecular flexibility index (Phi) is 29.1. The van der Waals surface area contributed by atoms with Gasteiger partial charge < -0.3 is 28.4 Å². The number of alkyl halides is 18. The average Bonchev–Trinajstić information content (AvgIpc) is 1.66. The van der Waals surface area contributed by atoms with Crippen LogP contribution in [0.1, 0.15) is 75.9 Å². The maximum absolute atomic E-state index is 14.2. The predicted octanol–water partition coefficient (Wildman–Crippen LogP) is 19.0. The van der Waals surface area contributed by atoms with E-state index in [0.29, 0.717) is 63.5 Å². The Bertz CT molecular complexity index is 7100. The number of halogens is 23. The minimum atomic E-state index is -4.65. The highest BCUT2D eigenvalue weighted by molar-refractivity contribution is 7.59. The van der Waals surface area contributed by atoms with Crippen LogP contribution < -0.4 is 28.4 Å². The van der Waals surface area contributed by atoms with Crippen molar-refractivity contribution in [3.8, 4) is 109 Å². The van der Waals surface area contributed by atoms with E-state index >= 15 is 0 Å². The van der Waals surface area contributed by atoms with Crippen LogP contribution in [0.3, 0.4) is 0 Å². The molecular weight excluding hydrogens is 1900 g/mol. The molecule has 137 heavy (non-hydrogen) atoms. The van der Waals surface area contributed by atoms with Crippen LogP contribution in [-0.2, 0) is 5.92 Å². The second-order valence-corrected chi connectivity index (χ2v) is 29.1. The lowest BCUT2D eigenvalue weighted by Crippen LogP contribution is -2.43. The van der Waals surface area contributed by atoms with Crippen molar-refractivity contribution in [1.29, 1.82) is 0 Å². The van der Waals surface area contributed by atoms with E-state index in [1.807, 2.05) is 19.1 Å². The molecule has 1 saturated carbocycles. The van der Waals surface area contributed by atoms with E-state index < -0.39 is 146 Å². The largest absolute Gasteiger partial charge is 0.472 e. The van der Waals surface area contributed by atoms with Gasteiger partial charge in [0.1, 0.15) is 17.7 Å². The summed E-state index contributed by atoms with van der Waals surface area (Å²) in [6.45, 7) is 1.25. The minimum Gasteiger partial charge on any atom is -0.472 e.